The standard InChI is InChI=1S/C18H15Cl2N3O3/c1-18(11-5-7-12(19)8-6-11)16(25)23(17(26)22-18)10-15(24)21-14-4-2-3-13(20)9-14/h2-9H,10H2,1H3,(H,21,24)(H,22,26). The summed E-state index contributed by atoms with van der Waals surface area (Å²) in [6, 6.07) is 12.6. The van der Waals surface area contributed by atoms with Gasteiger partial charge in [0.2, 0.25) is 5.91 Å². The van der Waals surface area contributed by atoms with Crippen molar-refractivity contribution in [2.45, 2.75) is 12.5 Å². The lowest BCUT2D eigenvalue weighted by atomic mass is 9.92. The third-order valence-corrected chi connectivity index (χ3v) is 4.59. The molecule has 1 heterocycles. The summed E-state index contributed by atoms with van der Waals surface area (Å²) >= 11 is 11.7. The highest BCUT2D eigenvalue weighted by Gasteiger charge is 2.49. The highest BCUT2D eigenvalue weighted by atomic mass is 35.5. The number of benzene rings is 2. The Labute approximate surface area is 160 Å². The molecule has 0 aromatic heterocycles. The number of carbonyl (C=O) groups excluding carboxylic acids is 3. The SMILES string of the molecule is CC1(c2ccc(Cl)cc2)NC(=O)N(CC(=O)Nc2cccc(Cl)c2)C1=O. The second-order valence-corrected chi connectivity index (χ2v) is 6.88. The Bertz CT molecular complexity index is 886. The molecule has 2 N–H and O–H groups in total. The van der Waals surface area contributed by atoms with Gasteiger partial charge >= 0.3 is 6.03 Å². The molecular formula is C18H15Cl2N3O3. The summed E-state index contributed by atoms with van der Waals surface area (Å²) in [4.78, 5) is 38.1. The van der Waals surface area contributed by atoms with Crippen LogP contribution in [0.25, 0.3) is 0 Å². The molecular weight excluding hydrogens is 377 g/mol. The van der Waals surface area contributed by atoms with Gasteiger partial charge in [-0.3, -0.25) is 14.5 Å². The zero-order valence-electron chi connectivity index (χ0n) is 13.8. The molecule has 1 atom stereocenters. The Morgan fingerprint density at radius 1 is 1.12 bits per heavy atom. The van der Waals surface area contributed by atoms with Gasteiger partial charge in [-0.2, -0.15) is 0 Å². The van der Waals surface area contributed by atoms with Gasteiger partial charge in [0.1, 0.15) is 12.1 Å². The van der Waals surface area contributed by atoms with Crippen molar-refractivity contribution in [3.63, 3.8) is 0 Å². The molecule has 134 valence electrons. The van der Waals surface area contributed by atoms with Crippen LogP contribution < -0.4 is 10.6 Å². The molecule has 1 aliphatic rings. The Hall–Kier alpha value is -2.57. The summed E-state index contributed by atoms with van der Waals surface area (Å²) in [7, 11) is 0. The number of carbonyl (C=O) groups is 3. The molecule has 1 saturated heterocycles. The van der Waals surface area contributed by atoms with Crippen LogP contribution in [0.1, 0.15) is 12.5 Å². The Balaban J connectivity index is 1.74. The van der Waals surface area contributed by atoms with Crippen molar-refractivity contribution >= 4 is 46.7 Å². The fourth-order valence-electron chi connectivity index (χ4n) is 2.73. The number of halogens is 2. The fraction of sp³-hybridized carbons (Fsp3) is 0.167. The van der Waals surface area contributed by atoms with Crippen LogP contribution in [-0.4, -0.2) is 29.3 Å². The van der Waals surface area contributed by atoms with Gasteiger partial charge in [-0.1, -0.05) is 41.4 Å². The average molecular weight is 392 g/mol. The van der Waals surface area contributed by atoms with Crippen molar-refractivity contribution in [3.05, 3.63) is 64.1 Å². The van der Waals surface area contributed by atoms with E-state index in [2.05, 4.69) is 10.6 Å². The summed E-state index contributed by atoms with van der Waals surface area (Å²) in [6.45, 7) is 1.19. The largest absolute Gasteiger partial charge is 0.325 e. The van der Waals surface area contributed by atoms with Gasteiger partial charge in [-0.25, -0.2) is 4.79 Å². The second kappa shape index (κ2) is 6.97. The predicted molar refractivity (Wildman–Crippen MR) is 99.1 cm³/mol. The number of urea groups is 1. The summed E-state index contributed by atoms with van der Waals surface area (Å²) in [5.41, 5.74) is -0.189. The molecule has 8 heteroatoms. The third-order valence-electron chi connectivity index (χ3n) is 4.11. The van der Waals surface area contributed by atoms with E-state index in [9.17, 15) is 14.4 Å². The van der Waals surface area contributed by atoms with Crippen LogP contribution in [0.4, 0.5) is 10.5 Å². The lowest BCUT2D eigenvalue weighted by Gasteiger charge is -2.22. The second-order valence-electron chi connectivity index (χ2n) is 6.01. The number of rotatable bonds is 4. The number of hydrogen-bond acceptors (Lipinski definition) is 3. The topological polar surface area (TPSA) is 78.5 Å². The number of nitrogens with zero attached hydrogens (tertiary/aromatic N) is 1. The first-order chi connectivity index (χ1) is 12.3. The Morgan fingerprint density at radius 3 is 2.46 bits per heavy atom. The molecule has 1 unspecified atom stereocenters. The average Bonchev–Trinajstić information content (AvgIpc) is 2.79. The maximum absolute atomic E-state index is 12.8. The molecule has 4 amide bonds. The fourth-order valence-corrected chi connectivity index (χ4v) is 3.05. The van der Waals surface area contributed by atoms with E-state index in [4.69, 9.17) is 23.2 Å². The van der Waals surface area contributed by atoms with Crippen LogP contribution in [-0.2, 0) is 15.1 Å². The first-order valence-electron chi connectivity index (χ1n) is 7.75. The van der Waals surface area contributed by atoms with Gasteiger partial charge in [0.05, 0.1) is 0 Å². The maximum Gasteiger partial charge on any atom is 0.325 e. The zero-order chi connectivity index (χ0) is 18.9. The van der Waals surface area contributed by atoms with E-state index in [1.54, 1.807) is 55.5 Å². The van der Waals surface area contributed by atoms with Gasteiger partial charge in [-0.05, 0) is 42.8 Å². The molecule has 6 nitrogen and oxygen atoms in total. The van der Waals surface area contributed by atoms with E-state index in [0.29, 0.717) is 21.3 Å². The van der Waals surface area contributed by atoms with Gasteiger partial charge in [0.25, 0.3) is 5.91 Å². The maximum atomic E-state index is 12.8. The Morgan fingerprint density at radius 2 is 1.81 bits per heavy atom. The van der Waals surface area contributed by atoms with Crippen LogP contribution in [0.2, 0.25) is 10.0 Å². The Kier molecular flexibility index (Phi) is 4.89. The highest BCUT2D eigenvalue weighted by Crippen LogP contribution is 2.29. The van der Waals surface area contributed by atoms with Crippen LogP contribution in [0, 0.1) is 0 Å². The normalized spacial score (nSPS) is 19.4. The number of amides is 4. The summed E-state index contributed by atoms with van der Waals surface area (Å²) in [6.07, 6.45) is 0. The molecule has 3 rings (SSSR count). The number of hydrogen-bond donors (Lipinski definition) is 2. The smallest absolute Gasteiger partial charge is 0.324 e. The number of anilines is 1. The lowest BCUT2D eigenvalue weighted by Crippen LogP contribution is -2.42. The molecule has 0 aliphatic carbocycles. The van der Waals surface area contributed by atoms with Crippen LogP contribution in [0.5, 0.6) is 0 Å². The first-order valence-corrected chi connectivity index (χ1v) is 8.51. The van der Waals surface area contributed by atoms with Crippen molar-refractivity contribution < 1.29 is 14.4 Å². The third kappa shape index (κ3) is 3.52. The van der Waals surface area contributed by atoms with Gasteiger partial charge in [-0.15, -0.1) is 0 Å². The minimum atomic E-state index is -1.25. The van der Waals surface area contributed by atoms with Crippen LogP contribution in [0.3, 0.4) is 0 Å². The minimum absolute atomic E-state index is 0.402. The van der Waals surface area contributed by atoms with E-state index in [1.165, 1.54) is 0 Å². The predicted octanol–water partition coefficient (Wildman–Crippen LogP) is 3.40. The van der Waals surface area contributed by atoms with Crippen molar-refractivity contribution in [3.8, 4) is 0 Å². The van der Waals surface area contributed by atoms with E-state index in [-0.39, 0.29) is 0 Å². The quantitative estimate of drug-likeness (QED) is 0.783. The first kappa shape index (κ1) is 18.2. The lowest BCUT2D eigenvalue weighted by molar-refractivity contribution is -0.133. The minimum Gasteiger partial charge on any atom is -0.324 e. The molecule has 0 saturated carbocycles. The number of nitrogens with one attached hydrogen (secondary N) is 2. The molecule has 1 fully saturated rings. The van der Waals surface area contributed by atoms with E-state index >= 15 is 0 Å². The van der Waals surface area contributed by atoms with Gasteiger partial charge in [0.15, 0.2) is 0 Å². The zero-order valence-corrected chi connectivity index (χ0v) is 15.3. The van der Waals surface area contributed by atoms with Gasteiger partial charge in [0, 0.05) is 15.7 Å². The summed E-state index contributed by atoms with van der Waals surface area (Å²) in [5, 5.41) is 6.23. The van der Waals surface area contributed by atoms with Crippen LogP contribution >= 0.6 is 23.2 Å². The molecule has 2 aromatic rings. The molecule has 2 aromatic carbocycles. The van der Waals surface area contributed by atoms with Crippen molar-refractivity contribution in [1.29, 1.82) is 0 Å². The van der Waals surface area contributed by atoms with E-state index in [0.717, 1.165) is 4.90 Å². The summed E-state index contributed by atoms with van der Waals surface area (Å²) < 4.78 is 0. The van der Waals surface area contributed by atoms with Crippen molar-refractivity contribution in [1.82, 2.24) is 10.2 Å². The monoisotopic (exact) mass is 391 g/mol. The number of imide groups is 1. The highest BCUT2D eigenvalue weighted by molar-refractivity contribution is 6.31. The molecule has 1 aliphatic heterocycles. The van der Waals surface area contributed by atoms with Crippen LogP contribution in [0.15, 0.2) is 48.5 Å². The molecule has 0 radical (unpaired) electrons. The van der Waals surface area contributed by atoms with Crippen molar-refractivity contribution in [2.24, 2.45) is 0 Å². The van der Waals surface area contributed by atoms with E-state index in [1.807, 2.05) is 0 Å². The van der Waals surface area contributed by atoms with E-state index < -0.39 is 29.9 Å². The summed E-state index contributed by atoms with van der Waals surface area (Å²) in [5.74, 6) is -1.01. The molecule has 26 heavy (non-hydrogen) atoms. The van der Waals surface area contributed by atoms with Gasteiger partial charge < -0.3 is 10.6 Å². The van der Waals surface area contributed by atoms with Crippen molar-refractivity contribution in [2.75, 3.05) is 11.9 Å². The molecule has 0 spiro atoms. The molecule has 0 bridgehead atoms.